The van der Waals surface area contributed by atoms with Crippen LogP contribution in [0.2, 0.25) is 0 Å². The second kappa shape index (κ2) is 5.54. The van der Waals surface area contributed by atoms with E-state index in [0.717, 1.165) is 24.8 Å². The van der Waals surface area contributed by atoms with E-state index >= 15 is 0 Å². The molecule has 1 aromatic heterocycles. The van der Waals surface area contributed by atoms with E-state index in [9.17, 15) is 4.79 Å². The molecule has 1 heterocycles. The summed E-state index contributed by atoms with van der Waals surface area (Å²) >= 11 is 3.89. The highest BCUT2D eigenvalue weighted by atomic mass is 127. The molecule has 100 valence electrons. The predicted molar refractivity (Wildman–Crippen MR) is 92.0 cm³/mol. The van der Waals surface area contributed by atoms with Gasteiger partial charge in [-0.25, -0.2) is 0 Å². The number of halogens is 1. The molecule has 20 heavy (non-hydrogen) atoms. The average molecular weight is 393 g/mol. The van der Waals surface area contributed by atoms with Gasteiger partial charge >= 0.3 is 0 Å². The van der Waals surface area contributed by atoms with Crippen LogP contribution in [0.5, 0.6) is 0 Å². The lowest BCUT2D eigenvalue weighted by Gasteiger charge is -2.16. The number of rotatable bonds is 3. The van der Waals surface area contributed by atoms with Gasteiger partial charge in [-0.3, -0.25) is 4.79 Å². The molecule has 0 spiro atoms. The summed E-state index contributed by atoms with van der Waals surface area (Å²) in [6.45, 7) is 0. The molecule has 4 heteroatoms. The zero-order valence-electron chi connectivity index (χ0n) is 10.5. The molecule has 0 bridgehead atoms. The van der Waals surface area contributed by atoms with Gasteiger partial charge in [0.05, 0.1) is 8.80 Å². The first-order chi connectivity index (χ1) is 9.68. The van der Waals surface area contributed by atoms with Crippen molar-refractivity contribution in [1.82, 2.24) is 0 Å². The highest BCUT2D eigenvalue weighted by Crippen LogP contribution is 2.34. The number of amides is 1. The van der Waals surface area contributed by atoms with Gasteiger partial charge in [0.2, 0.25) is 5.91 Å². The maximum atomic E-state index is 12.0. The first kappa shape index (κ1) is 13.6. The molecule has 3 aromatic rings. The molecule has 0 radical (unpaired) electrons. The van der Waals surface area contributed by atoms with Gasteiger partial charge in [-0.2, -0.15) is 0 Å². The second-order valence-corrected chi connectivity index (χ2v) is 7.28. The Morgan fingerprint density at radius 1 is 1.05 bits per heavy atom. The summed E-state index contributed by atoms with van der Waals surface area (Å²) in [6.07, 6.45) is 0. The Morgan fingerprint density at radius 3 is 2.50 bits per heavy atom. The van der Waals surface area contributed by atoms with E-state index in [1.165, 1.54) is 0 Å². The zero-order valence-corrected chi connectivity index (χ0v) is 13.5. The topological polar surface area (TPSA) is 43.1 Å². The molecule has 0 fully saturated rings. The number of primary amides is 1. The Labute approximate surface area is 134 Å². The van der Waals surface area contributed by atoms with Crippen LogP contribution in [-0.4, -0.2) is 5.91 Å². The third kappa shape index (κ3) is 2.33. The molecule has 0 saturated carbocycles. The van der Waals surface area contributed by atoms with E-state index in [1.54, 1.807) is 11.3 Å². The van der Waals surface area contributed by atoms with Crippen molar-refractivity contribution in [3.05, 3.63) is 67.9 Å². The van der Waals surface area contributed by atoms with Gasteiger partial charge in [0.25, 0.3) is 0 Å². The summed E-state index contributed by atoms with van der Waals surface area (Å²) in [5, 5.41) is 4.21. The highest BCUT2D eigenvalue weighted by Gasteiger charge is 2.24. The minimum absolute atomic E-state index is 0.308. The van der Waals surface area contributed by atoms with Crippen LogP contribution in [0, 0.1) is 2.88 Å². The fraction of sp³-hybridized carbons (Fsp3) is 0.0625. The molecule has 2 nitrogen and oxygen atoms in total. The van der Waals surface area contributed by atoms with Crippen molar-refractivity contribution < 1.29 is 4.79 Å². The summed E-state index contributed by atoms with van der Waals surface area (Å²) in [4.78, 5) is 12.0. The maximum absolute atomic E-state index is 12.0. The minimum Gasteiger partial charge on any atom is -0.369 e. The van der Waals surface area contributed by atoms with Crippen LogP contribution in [0.1, 0.15) is 17.0 Å². The Morgan fingerprint density at radius 2 is 1.80 bits per heavy atom. The third-order valence-electron chi connectivity index (χ3n) is 3.38. The van der Waals surface area contributed by atoms with Crippen molar-refractivity contribution in [2.24, 2.45) is 5.73 Å². The van der Waals surface area contributed by atoms with Crippen LogP contribution in [0.3, 0.4) is 0 Å². The molecule has 0 aliphatic rings. The fourth-order valence-electron chi connectivity index (χ4n) is 2.49. The number of hydrogen-bond acceptors (Lipinski definition) is 2. The molecule has 0 aliphatic carbocycles. The minimum atomic E-state index is -0.390. The van der Waals surface area contributed by atoms with Crippen LogP contribution >= 0.6 is 33.9 Å². The van der Waals surface area contributed by atoms with E-state index in [-0.39, 0.29) is 11.8 Å². The van der Waals surface area contributed by atoms with Gasteiger partial charge in [-0.05, 0) is 55.9 Å². The third-order valence-corrected chi connectivity index (χ3v) is 5.48. The number of thiophene rings is 1. The Kier molecular flexibility index (Phi) is 3.76. The van der Waals surface area contributed by atoms with Crippen LogP contribution in [0.25, 0.3) is 10.8 Å². The first-order valence-corrected chi connectivity index (χ1v) is 8.14. The molecular weight excluding hydrogens is 381 g/mol. The van der Waals surface area contributed by atoms with Crippen LogP contribution in [0.15, 0.2) is 53.9 Å². The maximum Gasteiger partial charge on any atom is 0.229 e. The standard InChI is InChI=1S/C16H12INOS/c17-15-13(8-9-20-15)14(16(18)19)12-7-3-5-10-4-1-2-6-11(10)12/h1-9,14H,(H2,18,19). The van der Waals surface area contributed by atoms with Crippen molar-refractivity contribution in [1.29, 1.82) is 0 Å². The lowest BCUT2D eigenvalue weighted by molar-refractivity contribution is -0.118. The molecule has 1 atom stereocenters. The molecule has 2 N–H and O–H groups in total. The Bertz CT molecular complexity index is 776. The summed E-state index contributed by atoms with van der Waals surface area (Å²) in [5.74, 6) is -0.697. The normalized spacial score (nSPS) is 12.4. The van der Waals surface area contributed by atoms with Gasteiger partial charge in [0.15, 0.2) is 0 Å². The molecule has 3 rings (SSSR count). The number of carbonyl (C=O) groups excluding carboxylic acids is 1. The summed E-state index contributed by atoms with van der Waals surface area (Å²) < 4.78 is 1.11. The molecule has 2 aromatic carbocycles. The average Bonchev–Trinajstić information content (AvgIpc) is 2.85. The number of benzene rings is 2. The van der Waals surface area contributed by atoms with Gasteiger partial charge in [-0.1, -0.05) is 42.5 Å². The predicted octanol–water partition coefficient (Wildman–Crippen LogP) is 4.12. The van der Waals surface area contributed by atoms with E-state index in [4.69, 9.17) is 5.73 Å². The van der Waals surface area contributed by atoms with E-state index in [0.29, 0.717) is 0 Å². The van der Waals surface area contributed by atoms with Gasteiger partial charge < -0.3 is 5.73 Å². The van der Waals surface area contributed by atoms with Crippen molar-refractivity contribution >= 4 is 50.6 Å². The zero-order chi connectivity index (χ0) is 14.1. The van der Waals surface area contributed by atoms with Crippen LogP contribution in [0.4, 0.5) is 0 Å². The quantitative estimate of drug-likeness (QED) is 0.669. The molecular formula is C16H12INOS. The molecule has 0 saturated heterocycles. The van der Waals surface area contributed by atoms with Crippen LogP contribution in [-0.2, 0) is 4.79 Å². The van der Waals surface area contributed by atoms with Gasteiger partial charge in [0.1, 0.15) is 0 Å². The van der Waals surface area contributed by atoms with Crippen LogP contribution < -0.4 is 5.73 Å². The number of fused-ring (bicyclic) bond motifs is 1. The van der Waals surface area contributed by atoms with Crippen molar-refractivity contribution in [3.8, 4) is 0 Å². The summed E-state index contributed by atoms with van der Waals surface area (Å²) in [5.41, 5.74) is 7.66. The molecule has 1 unspecified atom stereocenters. The molecule has 1 amide bonds. The smallest absolute Gasteiger partial charge is 0.229 e. The van der Waals surface area contributed by atoms with Crippen molar-refractivity contribution in [3.63, 3.8) is 0 Å². The number of nitrogens with two attached hydrogens (primary N) is 1. The lowest BCUT2D eigenvalue weighted by Crippen LogP contribution is -2.22. The van der Waals surface area contributed by atoms with Gasteiger partial charge in [0, 0.05) is 0 Å². The summed E-state index contributed by atoms with van der Waals surface area (Å²) in [7, 11) is 0. The van der Waals surface area contributed by atoms with Crippen molar-refractivity contribution in [2.45, 2.75) is 5.92 Å². The van der Waals surface area contributed by atoms with Crippen molar-refractivity contribution in [2.75, 3.05) is 0 Å². The highest BCUT2D eigenvalue weighted by molar-refractivity contribution is 14.1. The first-order valence-electron chi connectivity index (χ1n) is 6.18. The van der Waals surface area contributed by atoms with E-state index < -0.39 is 0 Å². The Hall–Kier alpha value is -1.40. The SMILES string of the molecule is NC(=O)C(c1ccsc1I)c1cccc2ccccc12. The number of carbonyl (C=O) groups is 1. The fourth-order valence-corrected chi connectivity index (χ4v) is 4.07. The largest absolute Gasteiger partial charge is 0.369 e. The van der Waals surface area contributed by atoms with E-state index in [1.807, 2.05) is 41.8 Å². The second-order valence-electron chi connectivity index (χ2n) is 4.55. The number of hydrogen-bond donors (Lipinski definition) is 1. The van der Waals surface area contributed by atoms with E-state index in [2.05, 4.69) is 34.7 Å². The lowest BCUT2D eigenvalue weighted by atomic mass is 9.89. The summed E-state index contributed by atoms with van der Waals surface area (Å²) in [6, 6.07) is 16.1. The Balaban J connectivity index is 2.26. The molecule has 0 aliphatic heterocycles. The van der Waals surface area contributed by atoms with Gasteiger partial charge in [-0.15, -0.1) is 11.3 Å². The monoisotopic (exact) mass is 393 g/mol.